The van der Waals surface area contributed by atoms with Gasteiger partial charge in [0.25, 0.3) is 0 Å². The van der Waals surface area contributed by atoms with Crippen molar-refractivity contribution >= 4 is 21.5 Å². The van der Waals surface area contributed by atoms with E-state index >= 15 is 0 Å². The zero-order valence-corrected chi connectivity index (χ0v) is 17.3. The van der Waals surface area contributed by atoms with Crippen LogP contribution in [0.5, 0.6) is 11.5 Å². The lowest BCUT2D eigenvalue weighted by Gasteiger charge is -2.19. The van der Waals surface area contributed by atoms with E-state index in [1.165, 1.54) is 24.3 Å². The maximum absolute atomic E-state index is 14.0. The van der Waals surface area contributed by atoms with Gasteiger partial charge in [0, 0.05) is 11.1 Å². The lowest BCUT2D eigenvalue weighted by Crippen LogP contribution is -2.01. The average Bonchev–Trinajstić information content (AvgIpc) is 2.79. The van der Waals surface area contributed by atoms with Gasteiger partial charge in [-0.15, -0.1) is 0 Å². The summed E-state index contributed by atoms with van der Waals surface area (Å²) in [6.45, 7) is 1.24. The highest BCUT2D eigenvalue weighted by Gasteiger charge is 2.20. The molecular weight excluding hydrogens is 394 g/mol. The van der Waals surface area contributed by atoms with Crippen LogP contribution in [0.25, 0.3) is 32.7 Å². The molecule has 0 aliphatic carbocycles. The summed E-state index contributed by atoms with van der Waals surface area (Å²) >= 11 is 0. The summed E-state index contributed by atoms with van der Waals surface area (Å²) in [6, 6.07) is 17.2. The second-order valence-corrected chi connectivity index (χ2v) is 8.07. The fourth-order valence-electron chi connectivity index (χ4n) is 4.42. The first kappa shape index (κ1) is 19.8. The van der Waals surface area contributed by atoms with E-state index in [0.29, 0.717) is 13.2 Å². The third kappa shape index (κ3) is 3.95. The molecule has 158 valence electrons. The van der Waals surface area contributed by atoms with E-state index in [2.05, 4.69) is 0 Å². The van der Waals surface area contributed by atoms with Crippen LogP contribution < -0.4 is 9.47 Å². The summed E-state index contributed by atoms with van der Waals surface area (Å²) in [5.74, 6) is 0.906. The van der Waals surface area contributed by atoms with Gasteiger partial charge in [0.15, 0.2) is 0 Å². The van der Waals surface area contributed by atoms with Crippen LogP contribution in [0, 0.1) is 11.6 Å². The van der Waals surface area contributed by atoms with Crippen LogP contribution in [-0.2, 0) is 0 Å². The molecule has 2 nitrogen and oxygen atoms in total. The number of benzene rings is 4. The molecule has 0 atom stereocenters. The Labute approximate surface area is 180 Å². The Morgan fingerprint density at radius 3 is 1.45 bits per heavy atom. The monoisotopic (exact) mass is 418 g/mol. The van der Waals surface area contributed by atoms with Crippen molar-refractivity contribution in [2.45, 2.75) is 32.1 Å². The van der Waals surface area contributed by atoms with Gasteiger partial charge in [0.2, 0.25) is 0 Å². The summed E-state index contributed by atoms with van der Waals surface area (Å²) in [6.07, 6.45) is 5.34. The minimum atomic E-state index is -0.283. The number of hydrogen-bond acceptors (Lipinski definition) is 2. The van der Waals surface area contributed by atoms with Crippen LogP contribution in [-0.4, -0.2) is 13.2 Å². The normalized spacial score (nSPS) is 15.0. The van der Waals surface area contributed by atoms with Crippen LogP contribution in [0.2, 0.25) is 0 Å². The molecule has 5 rings (SSSR count). The van der Waals surface area contributed by atoms with Crippen molar-refractivity contribution in [1.29, 1.82) is 0 Å². The van der Waals surface area contributed by atoms with Gasteiger partial charge < -0.3 is 9.47 Å². The Balaban J connectivity index is 1.83. The molecular formula is C27H24F2O2. The highest BCUT2D eigenvalue weighted by Crippen LogP contribution is 2.46. The molecule has 0 spiro atoms. The summed E-state index contributed by atoms with van der Waals surface area (Å²) in [5.41, 5.74) is 1.73. The van der Waals surface area contributed by atoms with E-state index in [9.17, 15) is 8.78 Å². The maximum atomic E-state index is 14.0. The molecule has 1 aliphatic heterocycles. The quantitative estimate of drug-likeness (QED) is 0.292. The predicted molar refractivity (Wildman–Crippen MR) is 121 cm³/mol. The van der Waals surface area contributed by atoms with E-state index in [1.54, 1.807) is 12.1 Å². The summed E-state index contributed by atoms with van der Waals surface area (Å²) < 4.78 is 40.4. The smallest absolute Gasteiger partial charge is 0.127 e. The van der Waals surface area contributed by atoms with Crippen LogP contribution in [0.4, 0.5) is 8.78 Å². The Hall–Kier alpha value is -3.14. The van der Waals surface area contributed by atoms with E-state index in [4.69, 9.17) is 9.47 Å². The highest BCUT2D eigenvalue weighted by atomic mass is 19.1. The van der Waals surface area contributed by atoms with Gasteiger partial charge in [0.05, 0.1) is 13.2 Å². The first-order valence-electron chi connectivity index (χ1n) is 10.9. The van der Waals surface area contributed by atoms with Crippen molar-refractivity contribution in [2.24, 2.45) is 0 Å². The largest absolute Gasteiger partial charge is 0.493 e. The molecule has 0 aromatic heterocycles. The van der Waals surface area contributed by atoms with Gasteiger partial charge >= 0.3 is 0 Å². The molecule has 0 amide bonds. The number of hydrogen-bond donors (Lipinski definition) is 0. The molecule has 0 saturated heterocycles. The topological polar surface area (TPSA) is 18.5 Å². The highest BCUT2D eigenvalue weighted by molar-refractivity contribution is 6.09. The molecule has 0 unspecified atom stereocenters. The minimum Gasteiger partial charge on any atom is -0.493 e. The van der Waals surface area contributed by atoms with Gasteiger partial charge in [-0.25, -0.2) is 8.78 Å². The van der Waals surface area contributed by atoms with Gasteiger partial charge in [-0.1, -0.05) is 43.5 Å². The number of rotatable bonds is 0. The van der Waals surface area contributed by atoms with Gasteiger partial charge in [-0.05, 0) is 70.8 Å². The SMILES string of the molecule is Fc1ccc2c3c(ccc2c1)OCCCCCCCOc1ccc2cc(F)ccc2c1-3. The van der Waals surface area contributed by atoms with E-state index in [1.807, 2.05) is 24.3 Å². The molecule has 0 N–H and O–H groups in total. The summed E-state index contributed by atoms with van der Waals surface area (Å²) in [5, 5.41) is 3.35. The zero-order chi connectivity index (χ0) is 21.2. The third-order valence-electron chi connectivity index (χ3n) is 5.94. The fourth-order valence-corrected chi connectivity index (χ4v) is 4.42. The van der Waals surface area contributed by atoms with Gasteiger partial charge in [-0.2, -0.15) is 0 Å². The van der Waals surface area contributed by atoms with Crippen molar-refractivity contribution in [1.82, 2.24) is 0 Å². The minimum absolute atomic E-state index is 0.283. The molecule has 0 radical (unpaired) electrons. The van der Waals surface area contributed by atoms with Crippen LogP contribution in [0.15, 0.2) is 60.7 Å². The number of ether oxygens (including phenoxy) is 2. The summed E-state index contributed by atoms with van der Waals surface area (Å²) in [4.78, 5) is 0. The Morgan fingerprint density at radius 1 is 0.516 bits per heavy atom. The van der Waals surface area contributed by atoms with Gasteiger partial charge in [-0.3, -0.25) is 0 Å². The molecule has 31 heavy (non-hydrogen) atoms. The van der Waals surface area contributed by atoms with E-state index in [-0.39, 0.29) is 11.6 Å². The van der Waals surface area contributed by atoms with Crippen molar-refractivity contribution in [2.75, 3.05) is 13.2 Å². The molecule has 0 fully saturated rings. The maximum Gasteiger partial charge on any atom is 0.127 e. The molecule has 1 heterocycles. The first-order chi connectivity index (χ1) is 15.2. The lowest BCUT2D eigenvalue weighted by molar-refractivity contribution is 0.298. The molecule has 1 aliphatic rings. The second-order valence-electron chi connectivity index (χ2n) is 8.07. The van der Waals surface area contributed by atoms with Gasteiger partial charge in [0.1, 0.15) is 23.1 Å². The zero-order valence-electron chi connectivity index (χ0n) is 17.3. The Bertz CT molecular complexity index is 1150. The Kier molecular flexibility index (Phi) is 5.46. The van der Waals surface area contributed by atoms with Crippen molar-refractivity contribution < 1.29 is 18.3 Å². The Morgan fingerprint density at radius 2 is 0.968 bits per heavy atom. The van der Waals surface area contributed by atoms with Crippen LogP contribution >= 0.6 is 0 Å². The van der Waals surface area contributed by atoms with Crippen LogP contribution in [0.3, 0.4) is 0 Å². The molecule has 4 aromatic rings. The second kappa shape index (κ2) is 8.54. The predicted octanol–water partition coefficient (Wildman–Crippen LogP) is 7.66. The first-order valence-corrected chi connectivity index (χ1v) is 10.9. The number of fused-ring (bicyclic) bond motifs is 7. The van der Waals surface area contributed by atoms with E-state index in [0.717, 1.165) is 76.3 Å². The van der Waals surface area contributed by atoms with Crippen molar-refractivity contribution in [3.05, 3.63) is 72.3 Å². The average molecular weight is 418 g/mol. The summed E-state index contributed by atoms with van der Waals surface area (Å²) in [7, 11) is 0. The standard InChI is InChI=1S/C27H24F2O2/c28-20-8-10-22-18(16-20)6-12-24-26(22)27-23-11-9-21(29)17-19(23)7-13-25(27)31-15-5-3-1-2-4-14-30-24/h6-13,16-17H,1-5,14-15H2. The lowest BCUT2D eigenvalue weighted by atomic mass is 9.92. The fraction of sp³-hybridized carbons (Fsp3) is 0.259. The molecule has 4 heteroatoms. The number of halogens is 2. The van der Waals surface area contributed by atoms with Crippen molar-refractivity contribution in [3.8, 4) is 22.6 Å². The third-order valence-corrected chi connectivity index (χ3v) is 5.94. The van der Waals surface area contributed by atoms with Crippen molar-refractivity contribution in [3.63, 3.8) is 0 Å². The molecule has 4 aromatic carbocycles. The molecule has 0 bridgehead atoms. The van der Waals surface area contributed by atoms with E-state index < -0.39 is 0 Å². The van der Waals surface area contributed by atoms with Crippen LogP contribution in [0.1, 0.15) is 32.1 Å². The molecule has 0 saturated carbocycles.